The van der Waals surface area contributed by atoms with Gasteiger partial charge in [0.2, 0.25) is 11.8 Å². The molecule has 3 rings (SSSR count). The van der Waals surface area contributed by atoms with Crippen molar-refractivity contribution in [2.24, 2.45) is 18.9 Å². The molecule has 2 atom stereocenters. The average Bonchev–Trinajstić information content (AvgIpc) is 3.26. The fourth-order valence-electron chi connectivity index (χ4n) is 3.28. The number of amides is 2. The molecular formula is C20H27N5O2. The number of rotatable bonds is 5. The van der Waals surface area contributed by atoms with Crippen LogP contribution >= 0.6 is 0 Å². The van der Waals surface area contributed by atoms with Crippen LogP contribution in [0.2, 0.25) is 0 Å². The number of hydrogen-bond acceptors (Lipinski definition) is 4. The Hall–Kier alpha value is -2.67. The van der Waals surface area contributed by atoms with E-state index in [0.717, 1.165) is 23.4 Å². The second kappa shape index (κ2) is 7.92. The fourth-order valence-corrected chi connectivity index (χ4v) is 3.28. The van der Waals surface area contributed by atoms with E-state index in [1.54, 1.807) is 4.68 Å². The Kier molecular flexibility index (Phi) is 5.60. The van der Waals surface area contributed by atoms with Gasteiger partial charge in [-0.15, -0.1) is 0 Å². The van der Waals surface area contributed by atoms with Crippen LogP contribution in [0.1, 0.15) is 30.9 Å². The van der Waals surface area contributed by atoms with Crippen molar-refractivity contribution < 1.29 is 9.59 Å². The molecule has 27 heavy (non-hydrogen) atoms. The summed E-state index contributed by atoms with van der Waals surface area (Å²) in [4.78, 5) is 24.9. The monoisotopic (exact) mass is 369 g/mol. The minimum absolute atomic E-state index is 0.0238. The van der Waals surface area contributed by atoms with E-state index < -0.39 is 0 Å². The molecule has 0 aliphatic carbocycles. The zero-order chi connectivity index (χ0) is 19.6. The molecule has 1 aromatic heterocycles. The highest BCUT2D eigenvalue weighted by molar-refractivity contribution is 5.96. The quantitative estimate of drug-likeness (QED) is 0.754. The zero-order valence-corrected chi connectivity index (χ0v) is 16.2. The topological polar surface area (TPSA) is 88.1 Å². The molecule has 1 saturated heterocycles. The summed E-state index contributed by atoms with van der Waals surface area (Å²) in [5.41, 5.74) is 3.42. The Morgan fingerprint density at radius 1 is 1.26 bits per heavy atom. The number of hydrogen-bond donors (Lipinski definition) is 3. The van der Waals surface area contributed by atoms with Gasteiger partial charge in [-0.25, -0.2) is 0 Å². The van der Waals surface area contributed by atoms with Crippen LogP contribution in [0.25, 0.3) is 0 Å². The molecule has 2 heterocycles. The van der Waals surface area contributed by atoms with Gasteiger partial charge in [-0.2, -0.15) is 5.10 Å². The first-order chi connectivity index (χ1) is 12.8. The number of carbonyl (C=O) groups excluding carboxylic acids is 2. The van der Waals surface area contributed by atoms with Gasteiger partial charge in [-0.1, -0.05) is 19.9 Å². The molecule has 144 valence electrons. The van der Waals surface area contributed by atoms with Gasteiger partial charge in [0.15, 0.2) is 0 Å². The summed E-state index contributed by atoms with van der Waals surface area (Å²) < 4.78 is 1.76. The lowest BCUT2D eigenvalue weighted by Gasteiger charge is -2.18. The van der Waals surface area contributed by atoms with Crippen LogP contribution in [0.4, 0.5) is 11.4 Å². The predicted molar refractivity (Wildman–Crippen MR) is 106 cm³/mol. The molecule has 1 aliphatic heterocycles. The first-order valence-electron chi connectivity index (χ1n) is 9.26. The number of aromatic nitrogens is 2. The Balaban J connectivity index is 1.74. The smallest absolute Gasteiger partial charge is 0.229 e. The minimum Gasteiger partial charge on any atom is -0.326 e. The second-order valence-corrected chi connectivity index (χ2v) is 7.48. The second-order valence-electron chi connectivity index (χ2n) is 7.48. The summed E-state index contributed by atoms with van der Waals surface area (Å²) in [5.74, 6) is -0.239. The summed E-state index contributed by atoms with van der Waals surface area (Å²) >= 11 is 0. The van der Waals surface area contributed by atoms with E-state index in [4.69, 9.17) is 0 Å². The van der Waals surface area contributed by atoms with Crippen molar-refractivity contribution in [1.82, 2.24) is 15.1 Å². The Morgan fingerprint density at radius 2 is 2.04 bits per heavy atom. The number of anilines is 2. The van der Waals surface area contributed by atoms with Gasteiger partial charge < -0.3 is 16.0 Å². The molecule has 1 fully saturated rings. The van der Waals surface area contributed by atoms with Crippen molar-refractivity contribution in [2.75, 3.05) is 23.7 Å². The van der Waals surface area contributed by atoms with Gasteiger partial charge >= 0.3 is 0 Å². The third-order valence-corrected chi connectivity index (χ3v) is 4.99. The predicted octanol–water partition coefficient (Wildman–Crippen LogP) is 2.26. The number of carbonyl (C=O) groups is 2. The zero-order valence-electron chi connectivity index (χ0n) is 16.2. The van der Waals surface area contributed by atoms with E-state index in [1.165, 1.54) is 0 Å². The molecule has 7 heteroatoms. The van der Waals surface area contributed by atoms with Gasteiger partial charge in [-0.05, 0) is 30.2 Å². The molecule has 2 aromatic rings. The molecule has 0 spiro atoms. The van der Waals surface area contributed by atoms with Crippen molar-refractivity contribution >= 4 is 23.2 Å². The third-order valence-electron chi connectivity index (χ3n) is 4.99. The van der Waals surface area contributed by atoms with Crippen molar-refractivity contribution in [1.29, 1.82) is 0 Å². The number of aryl methyl sites for hydroxylation is 2. The number of nitrogens with zero attached hydrogens (tertiary/aromatic N) is 2. The Bertz CT molecular complexity index is 843. The highest BCUT2D eigenvalue weighted by atomic mass is 16.2. The van der Waals surface area contributed by atoms with Crippen molar-refractivity contribution in [2.45, 2.75) is 26.7 Å². The van der Waals surface area contributed by atoms with E-state index in [2.05, 4.69) is 21.0 Å². The van der Waals surface area contributed by atoms with Crippen LogP contribution in [0.5, 0.6) is 0 Å². The first kappa shape index (κ1) is 19.1. The lowest BCUT2D eigenvalue weighted by molar-refractivity contribution is -0.120. The SMILES string of the molecule is Cc1ccc(NC(=O)C(C)C)cc1NC(=O)[C@H]1CNC[C@@H]1c1cnn(C)c1. The Labute approximate surface area is 159 Å². The molecule has 0 radical (unpaired) electrons. The van der Waals surface area contributed by atoms with Gasteiger partial charge in [0.1, 0.15) is 0 Å². The largest absolute Gasteiger partial charge is 0.326 e. The van der Waals surface area contributed by atoms with Gasteiger partial charge in [0, 0.05) is 49.5 Å². The van der Waals surface area contributed by atoms with Crippen molar-refractivity contribution in [3.63, 3.8) is 0 Å². The Morgan fingerprint density at radius 3 is 2.70 bits per heavy atom. The standard InChI is InChI=1S/C20H27N5O2/c1-12(2)19(26)23-15-6-5-13(3)18(7-15)24-20(27)17-10-21-9-16(17)14-8-22-25(4)11-14/h5-8,11-12,16-17,21H,9-10H2,1-4H3,(H,23,26)(H,24,27)/t16-,17+/m1/s1. The lowest BCUT2D eigenvalue weighted by Crippen LogP contribution is -2.28. The van der Waals surface area contributed by atoms with Crippen molar-refractivity contribution in [3.05, 3.63) is 41.7 Å². The molecular weight excluding hydrogens is 342 g/mol. The average molecular weight is 369 g/mol. The van der Waals surface area contributed by atoms with Gasteiger partial charge in [0.05, 0.1) is 12.1 Å². The molecule has 7 nitrogen and oxygen atoms in total. The van der Waals surface area contributed by atoms with E-state index in [-0.39, 0.29) is 29.6 Å². The van der Waals surface area contributed by atoms with Crippen LogP contribution in [0.3, 0.4) is 0 Å². The van der Waals surface area contributed by atoms with Crippen LogP contribution in [-0.2, 0) is 16.6 Å². The maximum absolute atomic E-state index is 12.9. The van der Waals surface area contributed by atoms with E-state index >= 15 is 0 Å². The van der Waals surface area contributed by atoms with E-state index in [9.17, 15) is 9.59 Å². The summed E-state index contributed by atoms with van der Waals surface area (Å²) in [6, 6.07) is 5.56. The third kappa shape index (κ3) is 4.36. The minimum atomic E-state index is -0.164. The first-order valence-corrected chi connectivity index (χ1v) is 9.26. The normalized spacial score (nSPS) is 19.3. The molecule has 0 saturated carbocycles. The molecule has 1 aromatic carbocycles. The lowest BCUT2D eigenvalue weighted by atomic mass is 9.90. The van der Waals surface area contributed by atoms with Crippen molar-refractivity contribution in [3.8, 4) is 0 Å². The van der Waals surface area contributed by atoms with Gasteiger partial charge in [0.25, 0.3) is 0 Å². The molecule has 0 unspecified atom stereocenters. The van der Waals surface area contributed by atoms with E-state index in [0.29, 0.717) is 12.2 Å². The van der Waals surface area contributed by atoms with Crippen LogP contribution < -0.4 is 16.0 Å². The van der Waals surface area contributed by atoms with Crippen LogP contribution in [0.15, 0.2) is 30.6 Å². The number of benzene rings is 1. The van der Waals surface area contributed by atoms with Crippen LogP contribution in [-0.4, -0.2) is 34.7 Å². The molecule has 1 aliphatic rings. The molecule has 2 amide bonds. The summed E-state index contributed by atoms with van der Waals surface area (Å²) in [6.07, 6.45) is 3.79. The maximum atomic E-state index is 12.9. The van der Waals surface area contributed by atoms with Crippen LogP contribution in [0, 0.1) is 18.8 Å². The summed E-state index contributed by atoms with van der Waals surface area (Å²) in [6.45, 7) is 7.02. The summed E-state index contributed by atoms with van der Waals surface area (Å²) in [5, 5.41) is 13.4. The van der Waals surface area contributed by atoms with E-state index in [1.807, 2.05) is 58.4 Å². The molecule has 0 bridgehead atoms. The maximum Gasteiger partial charge on any atom is 0.229 e. The fraction of sp³-hybridized carbons (Fsp3) is 0.450. The highest BCUT2D eigenvalue weighted by Crippen LogP contribution is 2.30. The molecule has 3 N–H and O–H groups in total. The summed E-state index contributed by atoms with van der Waals surface area (Å²) in [7, 11) is 1.88. The highest BCUT2D eigenvalue weighted by Gasteiger charge is 2.34. The van der Waals surface area contributed by atoms with Gasteiger partial charge in [-0.3, -0.25) is 14.3 Å². The number of nitrogens with one attached hydrogen (secondary N) is 3.